The number of hydrogen-bond donors (Lipinski definition) is 0. The molecule has 0 spiro atoms. The van der Waals surface area contributed by atoms with E-state index in [1.807, 2.05) is 0 Å². The van der Waals surface area contributed by atoms with Gasteiger partial charge in [-0.15, -0.1) is 10.2 Å². The second-order valence-corrected chi connectivity index (χ2v) is 10.1. The molecule has 0 amide bonds. The van der Waals surface area contributed by atoms with Crippen molar-refractivity contribution in [3.63, 3.8) is 0 Å². The van der Waals surface area contributed by atoms with Gasteiger partial charge >= 0.3 is 0 Å². The first kappa shape index (κ1) is 21.3. The molecule has 3 rings (SSSR count). The fourth-order valence-corrected chi connectivity index (χ4v) is 4.51. The molecule has 0 aliphatic carbocycles. The number of benzene rings is 2. The monoisotopic (exact) mass is 389 g/mol. The number of aromatic nitrogens is 3. The third-order valence-electron chi connectivity index (χ3n) is 5.43. The largest absolute Gasteiger partial charge is 0.278 e. The van der Waals surface area contributed by atoms with Crippen LogP contribution in [0.15, 0.2) is 42.5 Å². The summed E-state index contributed by atoms with van der Waals surface area (Å²) in [6.07, 6.45) is 2.06. The summed E-state index contributed by atoms with van der Waals surface area (Å²) in [7, 11) is 0. The molecular weight excluding hydrogens is 354 g/mol. The van der Waals surface area contributed by atoms with Gasteiger partial charge in [-0.3, -0.25) is 4.57 Å². The molecule has 0 saturated heterocycles. The second kappa shape index (κ2) is 7.78. The van der Waals surface area contributed by atoms with Gasteiger partial charge in [0.15, 0.2) is 5.82 Å². The van der Waals surface area contributed by atoms with Crippen molar-refractivity contribution in [3.05, 3.63) is 65.0 Å². The predicted molar refractivity (Wildman–Crippen MR) is 123 cm³/mol. The van der Waals surface area contributed by atoms with E-state index in [1.54, 1.807) is 0 Å². The molecule has 0 aliphatic heterocycles. The van der Waals surface area contributed by atoms with Crippen LogP contribution in [0.5, 0.6) is 0 Å². The standard InChI is InChI=1S/C26H35N3/c1-9-20-13-14-22(19(3)16-20)29-23(21-12-10-11-18(2)15-21)27-28-24(29)26(7,8)17-25(4,5)6/h10-16H,9,17H2,1-8H3. The maximum Gasteiger partial charge on any atom is 0.168 e. The highest BCUT2D eigenvalue weighted by atomic mass is 15.3. The Morgan fingerprint density at radius 2 is 1.62 bits per heavy atom. The highest BCUT2D eigenvalue weighted by Gasteiger charge is 2.34. The van der Waals surface area contributed by atoms with E-state index in [2.05, 4.69) is 102 Å². The Bertz CT molecular complexity index is 1000. The molecule has 3 nitrogen and oxygen atoms in total. The van der Waals surface area contributed by atoms with Crippen molar-refractivity contribution in [1.29, 1.82) is 0 Å². The molecule has 0 fully saturated rings. The van der Waals surface area contributed by atoms with E-state index in [0.717, 1.165) is 30.1 Å². The average Bonchev–Trinajstić information content (AvgIpc) is 3.05. The van der Waals surface area contributed by atoms with Gasteiger partial charge in [0.05, 0.1) is 5.69 Å². The minimum atomic E-state index is -0.108. The van der Waals surface area contributed by atoms with Crippen LogP contribution in [0.2, 0.25) is 0 Å². The molecular formula is C26H35N3. The first-order valence-corrected chi connectivity index (χ1v) is 10.6. The van der Waals surface area contributed by atoms with E-state index in [9.17, 15) is 0 Å². The van der Waals surface area contributed by atoms with Crippen molar-refractivity contribution >= 4 is 0 Å². The van der Waals surface area contributed by atoms with Gasteiger partial charge in [-0.2, -0.15) is 0 Å². The summed E-state index contributed by atoms with van der Waals surface area (Å²) in [6.45, 7) is 18.0. The number of rotatable bonds is 5. The van der Waals surface area contributed by atoms with Gasteiger partial charge in [0.2, 0.25) is 0 Å². The molecule has 0 atom stereocenters. The van der Waals surface area contributed by atoms with Crippen LogP contribution in [-0.4, -0.2) is 14.8 Å². The molecule has 0 N–H and O–H groups in total. The number of nitrogens with zero attached hydrogens (tertiary/aromatic N) is 3. The summed E-state index contributed by atoms with van der Waals surface area (Å²) >= 11 is 0. The predicted octanol–water partition coefficient (Wildman–Crippen LogP) is 6.83. The van der Waals surface area contributed by atoms with Gasteiger partial charge < -0.3 is 0 Å². The lowest BCUT2D eigenvalue weighted by Gasteiger charge is -2.32. The normalized spacial score (nSPS) is 12.4. The maximum absolute atomic E-state index is 4.75. The number of hydrogen-bond acceptors (Lipinski definition) is 2. The van der Waals surface area contributed by atoms with Crippen LogP contribution in [0.25, 0.3) is 17.1 Å². The van der Waals surface area contributed by atoms with Gasteiger partial charge in [-0.1, -0.05) is 77.4 Å². The Hall–Kier alpha value is -2.42. The Kier molecular flexibility index (Phi) is 5.71. The maximum atomic E-state index is 4.75. The van der Waals surface area contributed by atoms with E-state index in [0.29, 0.717) is 0 Å². The van der Waals surface area contributed by atoms with Crippen LogP contribution in [0.3, 0.4) is 0 Å². The molecule has 0 radical (unpaired) electrons. The highest BCUT2D eigenvalue weighted by Crippen LogP contribution is 2.38. The molecule has 154 valence electrons. The van der Waals surface area contributed by atoms with E-state index >= 15 is 0 Å². The van der Waals surface area contributed by atoms with Crippen molar-refractivity contribution in [2.24, 2.45) is 5.41 Å². The summed E-state index contributed by atoms with van der Waals surface area (Å²) in [5.74, 6) is 1.94. The zero-order chi connectivity index (χ0) is 21.4. The molecule has 0 bridgehead atoms. The SMILES string of the molecule is CCc1ccc(-n2c(-c3cccc(C)c3)nnc2C(C)(C)CC(C)(C)C)c(C)c1. The van der Waals surface area contributed by atoms with Gasteiger partial charge in [-0.25, -0.2) is 0 Å². The smallest absolute Gasteiger partial charge is 0.168 e. The Morgan fingerprint density at radius 3 is 2.21 bits per heavy atom. The van der Waals surface area contributed by atoms with E-state index in [4.69, 9.17) is 10.2 Å². The molecule has 1 heterocycles. The van der Waals surface area contributed by atoms with Gasteiger partial charge in [0, 0.05) is 11.0 Å². The van der Waals surface area contributed by atoms with Crippen LogP contribution in [0.1, 0.15) is 70.5 Å². The molecule has 29 heavy (non-hydrogen) atoms. The number of aryl methyl sites for hydroxylation is 3. The van der Waals surface area contributed by atoms with Crippen LogP contribution in [0, 0.1) is 19.3 Å². The summed E-state index contributed by atoms with van der Waals surface area (Å²) in [4.78, 5) is 0. The van der Waals surface area contributed by atoms with Gasteiger partial charge in [0.25, 0.3) is 0 Å². The molecule has 0 unspecified atom stereocenters. The summed E-state index contributed by atoms with van der Waals surface area (Å²) in [6, 6.07) is 15.3. The fraction of sp³-hybridized carbons (Fsp3) is 0.462. The first-order valence-electron chi connectivity index (χ1n) is 10.6. The van der Waals surface area contributed by atoms with Crippen molar-refractivity contribution in [1.82, 2.24) is 14.8 Å². The third kappa shape index (κ3) is 4.60. The average molecular weight is 390 g/mol. The minimum absolute atomic E-state index is 0.108. The molecule has 3 heteroatoms. The second-order valence-electron chi connectivity index (χ2n) is 10.1. The van der Waals surface area contributed by atoms with Crippen LogP contribution >= 0.6 is 0 Å². The summed E-state index contributed by atoms with van der Waals surface area (Å²) in [5.41, 5.74) is 6.20. The topological polar surface area (TPSA) is 30.7 Å². The zero-order valence-corrected chi connectivity index (χ0v) is 19.3. The fourth-order valence-electron chi connectivity index (χ4n) is 4.51. The van der Waals surface area contributed by atoms with Crippen molar-refractivity contribution < 1.29 is 0 Å². The lowest BCUT2D eigenvalue weighted by atomic mass is 9.75. The highest BCUT2D eigenvalue weighted by molar-refractivity contribution is 5.61. The quantitative estimate of drug-likeness (QED) is 0.479. The van der Waals surface area contributed by atoms with Crippen LogP contribution in [0.4, 0.5) is 0 Å². The van der Waals surface area contributed by atoms with Crippen molar-refractivity contribution in [3.8, 4) is 17.1 Å². The van der Waals surface area contributed by atoms with Crippen LogP contribution in [-0.2, 0) is 11.8 Å². The lowest BCUT2D eigenvalue weighted by molar-refractivity contribution is 0.272. The minimum Gasteiger partial charge on any atom is -0.278 e. The lowest BCUT2D eigenvalue weighted by Crippen LogP contribution is -2.28. The van der Waals surface area contributed by atoms with E-state index in [1.165, 1.54) is 22.4 Å². The first-order chi connectivity index (χ1) is 13.5. The summed E-state index contributed by atoms with van der Waals surface area (Å²) < 4.78 is 2.29. The molecule has 2 aromatic carbocycles. The van der Waals surface area contributed by atoms with Gasteiger partial charge in [0.1, 0.15) is 5.82 Å². The molecule has 0 saturated carbocycles. The van der Waals surface area contributed by atoms with Crippen molar-refractivity contribution in [2.45, 2.75) is 73.6 Å². The van der Waals surface area contributed by atoms with E-state index in [-0.39, 0.29) is 10.8 Å². The summed E-state index contributed by atoms with van der Waals surface area (Å²) in [5, 5.41) is 9.45. The molecule has 3 aromatic rings. The van der Waals surface area contributed by atoms with E-state index < -0.39 is 0 Å². The third-order valence-corrected chi connectivity index (χ3v) is 5.43. The molecule has 1 aromatic heterocycles. The van der Waals surface area contributed by atoms with Gasteiger partial charge in [-0.05, 0) is 55.4 Å². The zero-order valence-electron chi connectivity index (χ0n) is 19.3. The molecule has 0 aliphatic rings. The Morgan fingerprint density at radius 1 is 0.897 bits per heavy atom. The van der Waals surface area contributed by atoms with Crippen molar-refractivity contribution in [2.75, 3.05) is 0 Å². The Balaban J connectivity index is 2.26. The van der Waals surface area contributed by atoms with Crippen LogP contribution < -0.4 is 0 Å². The Labute approximate surface area is 176 Å².